The molecule has 0 spiro atoms. The molecular formula is C15H16ClNO2. The van der Waals surface area contributed by atoms with Gasteiger partial charge in [-0.1, -0.05) is 12.1 Å². The fraction of sp³-hybridized carbons (Fsp3) is 0.267. The van der Waals surface area contributed by atoms with Crippen LogP contribution < -0.4 is 5.32 Å². The Kier molecular flexibility index (Phi) is 4.63. The Hall–Kier alpha value is -1.74. The molecule has 1 amide bonds. The Morgan fingerprint density at radius 1 is 1.37 bits per heavy atom. The maximum atomic E-state index is 12.0. The lowest BCUT2D eigenvalue weighted by atomic mass is 10.1. The second-order valence-electron chi connectivity index (χ2n) is 4.39. The molecule has 4 heteroatoms. The van der Waals surface area contributed by atoms with Crippen LogP contribution in [0.3, 0.4) is 0 Å². The average molecular weight is 278 g/mol. The van der Waals surface area contributed by atoms with Gasteiger partial charge >= 0.3 is 0 Å². The highest BCUT2D eigenvalue weighted by molar-refractivity contribution is 6.17. The van der Waals surface area contributed by atoms with Crippen molar-refractivity contribution in [3.05, 3.63) is 53.5 Å². The Labute approximate surface area is 117 Å². The Morgan fingerprint density at radius 2 is 2.21 bits per heavy atom. The topological polar surface area (TPSA) is 42.2 Å². The maximum absolute atomic E-state index is 12.0. The van der Waals surface area contributed by atoms with Gasteiger partial charge in [-0.05, 0) is 43.5 Å². The zero-order valence-corrected chi connectivity index (χ0v) is 11.5. The molecule has 0 aliphatic carbocycles. The predicted molar refractivity (Wildman–Crippen MR) is 76.9 cm³/mol. The van der Waals surface area contributed by atoms with Crippen molar-refractivity contribution in [3.63, 3.8) is 0 Å². The lowest BCUT2D eigenvalue weighted by molar-refractivity contribution is 0.102. The fourth-order valence-corrected chi connectivity index (χ4v) is 1.97. The summed E-state index contributed by atoms with van der Waals surface area (Å²) in [5.41, 5.74) is 2.49. The van der Waals surface area contributed by atoms with Crippen LogP contribution in [-0.4, -0.2) is 11.8 Å². The summed E-state index contributed by atoms with van der Waals surface area (Å²) < 4.78 is 5.12. The summed E-state index contributed by atoms with van der Waals surface area (Å²) in [6, 6.07) is 9.52. The average Bonchev–Trinajstić information content (AvgIpc) is 2.83. The Bertz CT molecular complexity index is 563. The van der Waals surface area contributed by atoms with Crippen LogP contribution in [0.2, 0.25) is 0 Å². The van der Waals surface area contributed by atoms with E-state index in [9.17, 15) is 4.79 Å². The molecule has 1 aromatic carbocycles. The van der Waals surface area contributed by atoms with Gasteiger partial charge in [-0.3, -0.25) is 4.79 Å². The normalized spacial score (nSPS) is 10.4. The minimum Gasteiger partial charge on any atom is -0.469 e. The predicted octanol–water partition coefficient (Wildman–Crippen LogP) is 4.01. The number of furan rings is 1. The van der Waals surface area contributed by atoms with E-state index in [2.05, 4.69) is 5.32 Å². The number of halogens is 1. The van der Waals surface area contributed by atoms with Crippen molar-refractivity contribution in [1.82, 2.24) is 0 Å². The van der Waals surface area contributed by atoms with E-state index in [1.807, 2.05) is 31.2 Å². The van der Waals surface area contributed by atoms with E-state index in [1.165, 1.54) is 11.8 Å². The van der Waals surface area contributed by atoms with E-state index in [0.717, 1.165) is 24.3 Å². The lowest BCUT2D eigenvalue weighted by Gasteiger charge is -2.06. The molecule has 2 aromatic rings. The van der Waals surface area contributed by atoms with Crippen molar-refractivity contribution < 1.29 is 9.21 Å². The van der Waals surface area contributed by atoms with E-state index in [-0.39, 0.29) is 5.91 Å². The number of carbonyl (C=O) groups is 1. The molecule has 0 saturated heterocycles. The van der Waals surface area contributed by atoms with Gasteiger partial charge in [0.05, 0.1) is 5.56 Å². The third-order valence-corrected chi connectivity index (χ3v) is 3.04. The standard InChI is InChI=1S/C15H16ClNO2/c1-11-8-13(10-19-11)15(18)17-14-6-2-4-12(9-14)5-3-7-16/h2,4,6,8-10H,3,5,7H2,1H3,(H,17,18). The number of hydrogen-bond acceptors (Lipinski definition) is 2. The first-order valence-corrected chi connectivity index (χ1v) is 6.74. The lowest BCUT2D eigenvalue weighted by Crippen LogP contribution is -2.10. The van der Waals surface area contributed by atoms with Crippen molar-refractivity contribution in [1.29, 1.82) is 0 Å². The van der Waals surface area contributed by atoms with Gasteiger partial charge in [0, 0.05) is 11.6 Å². The minimum atomic E-state index is -0.161. The summed E-state index contributed by atoms with van der Waals surface area (Å²) in [6.45, 7) is 1.81. The van der Waals surface area contributed by atoms with Crippen LogP contribution in [0.1, 0.15) is 28.1 Å². The number of aryl methyl sites for hydroxylation is 2. The molecule has 0 aliphatic rings. The summed E-state index contributed by atoms with van der Waals surface area (Å²) >= 11 is 5.68. The summed E-state index contributed by atoms with van der Waals surface area (Å²) in [5, 5.41) is 2.86. The SMILES string of the molecule is Cc1cc(C(=O)Nc2cccc(CCCCl)c2)co1. The third kappa shape index (κ3) is 3.86. The van der Waals surface area contributed by atoms with Crippen molar-refractivity contribution in [3.8, 4) is 0 Å². The Balaban J connectivity index is 2.04. The number of benzene rings is 1. The monoisotopic (exact) mass is 277 g/mol. The summed E-state index contributed by atoms with van der Waals surface area (Å²) in [4.78, 5) is 12.0. The van der Waals surface area contributed by atoms with Crippen molar-refractivity contribution in [2.24, 2.45) is 0 Å². The van der Waals surface area contributed by atoms with Crippen molar-refractivity contribution >= 4 is 23.2 Å². The zero-order chi connectivity index (χ0) is 13.7. The van der Waals surface area contributed by atoms with Gasteiger partial charge in [0.15, 0.2) is 0 Å². The van der Waals surface area contributed by atoms with E-state index >= 15 is 0 Å². The van der Waals surface area contributed by atoms with Crippen LogP contribution in [0.4, 0.5) is 5.69 Å². The quantitative estimate of drug-likeness (QED) is 0.839. The second-order valence-corrected chi connectivity index (χ2v) is 4.77. The van der Waals surface area contributed by atoms with Gasteiger partial charge in [-0.2, -0.15) is 0 Å². The van der Waals surface area contributed by atoms with Gasteiger partial charge in [0.25, 0.3) is 5.91 Å². The first kappa shape index (κ1) is 13.7. The van der Waals surface area contributed by atoms with Crippen LogP contribution in [0.15, 0.2) is 41.0 Å². The first-order chi connectivity index (χ1) is 9.19. The molecular weight excluding hydrogens is 262 g/mol. The highest BCUT2D eigenvalue weighted by atomic mass is 35.5. The smallest absolute Gasteiger partial charge is 0.258 e. The van der Waals surface area contributed by atoms with Crippen LogP contribution in [0.25, 0.3) is 0 Å². The number of hydrogen-bond donors (Lipinski definition) is 1. The highest BCUT2D eigenvalue weighted by Crippen LogP contribution is 2.15. The first-order valence-electron chi connectivity index (χ1n) is 6.20. The van der Waals surface area contributed by atoms with Gasteiger partial charge < -0.3 is 9.73 Å². The van der Waals surface area contributed by atoms with Crippen molar-refractivity contribution in [2.75, 3.05) is 11.2 Å². The summed E-state index contributed by atoms with van der Waals surface area (Å²) in [7, 11) is 0. The van der Waals surface area contributed by atoms with Crippen LogP contribution in [0.5, 0.6) is 0 Å². The second kappa shape index (κ2) is 6.43. The fourth-order valence-electron chi connectivity index (χ4n) is 1.84. The van der Waals surface area contributed by atoms with Crippen LogP contribution in [-0.2, 0) is 6.42 Å². The van der Waals surface area contributed by atoms with E-state index in [1.54, 1.807) is 6.07 Å². The van der Waals surface area contributed by atoms with Crippen LogP contribution >= 0.6 is 11.6 Å². The molecule has 0 aliphatic heterocycles. The molecule has 0 fully saturated rings. The molecule has 0 unspecified atom stereocenters. The van der Waals surface area contributed by atoms with E-state index < -0.39 is 0 Å². The van der Waals surface area contributed by atoms with Crippen LogP contribution in [0, 0.1) is 6.92 Å². The number of carbonyl (C=O) groups excluding carboxylic acids is 1. The number of nitrogens with one attached hydrogen (secondary N) is 1. The van der Waals surface area contributed by atoms with E-state index in [4.69, 9.17) is 16.0 Å². The number of anilines is 1. The van der Waals surface area contributed by atoms with Gasteiger partial charge in [0.2, 0.25) is 0 Å². The number of alkyl halides is 1. The summed E-state index contributed by atoms with van der Waals surface area (Å²) in [6.07, 6.45) is 3.31. The van der Waals surface area contributed by atoms with Gasteiger partial charge in [-0.25, -0.2) is 0 Å². The maximum Gasteiger partial charge on any atom is 0.258 e. The largest absolute Gasteiger partial charge is 0.469 e. The minimum absolute atomic E-state index is 0.161. The molecule has 1 heterocycles. The molecule has 19 heavy (non-hydrogen) atoms. The molecule has 0 radical (unpaired) electrons. The zero-order valence-electron chi connectivity index (χ0n) is 10.8. The number of rotatable bonds is 5. The molecule has 1 N–H and O–H groups in total. The molecule has 1 aromatic heterocycles. The summed E-state index contributed by atoms with van der Waals surface area (Å²) in [5.74, 6) is 1.21. The van der Waals surface area contributed by atoms with Crippen molar-refractivity contribution in [2.45, 2.75) is 19.8 Å². The third-order valence-electron chi connectivity index (χ3n) is 2.78. The molecule has 0 atom stereocenters. The van der Waals surface area contributed by atoms with E-state index in [0.29, 0.717) is 11.4 Å². The highest BCUT2D eigenvalue weighted by Gasteiger charge is 2.09. The Morgan fingerprint density at radius 3 is 2.89 bits per heavy atom. The number of amides is 1. The van der Waals surface area contributed by atoms with Gasteiger partial charge in [0.1, 0.15) is 12.0 Å². The molecule has 0 saturated carbocycles. The molecule has 2 rings (SSSR count). The molecule has 3 nitrogen and oxygen atoms in total. The van der Waals surface area contributed by atoms with Gasteiger partial charge in [-0.15, -0.1) is 11.6 Å². The molecule has 0 bridgehead atoms. The molecule has 100 valence electrons.